The first-order valence-corrected chi connectivity index (χ1v) is 4.54. The van der Waals surface area contributed by atoms with E-state index in [9.17, 15) is 4.79 Å². The molecule has 0 spiro atoms. The maximum absolute atomic E-state index is 11.2. The highest BCUT2D eigenvalue weighted by atomic mass is 16.1. The zero-order valence-corrected chi connectivity index (χ0v) is 8.51. The van der Waals surface area contributed by atoms with Crippen LogP contribution < -0.4 is 0 Å². The number of hydrogen-bond acceptors (Lipinski definition) is 4. The molecule has 0 fully saturated rings. The third kappa shape index (κ3) is 1.63. The van der Waals surface area contributed by atoms with E-state index in [-0.39, 0.29) is 5.78 Å². The summed E-state index contributed by atoms with van der Waals surface area (Å²) >= 11 is 0. The van der Waals surface area contributed by atoms with E-state index in [1.165, 1.54) is 6.92 Å². The number of hydrogen-bond donors (Lipinski definition) is 0. The third-order valence-corrected chi connectivity index (χ3v) is 2.16. The second-order valence-electron chi connectivity index (χ2n) is 3.19. The standard InChI is InChI=1S/C10H10N4O/c1-7-9(8(2)15)6-12-14(7)10-4-3-5-11-13-10/h3-6H,1-2H3. The molecule has 2 rings (SSSR count). The molecule has 5 nitrogen and oxygen atoms in total. The Morgan fingerprint density at radius 1 is 1.47 bits per heavy atom. The van der Waals surface area contributed by atoms with Gasteiger partial charge in [-0.2, -0.15) is 10.2 Å². The van der Waals surface area contributed by atoms with Crippen LogP contribution in [-0.4, -0.2) is 25.8 Å². The predicted molar refractivity (Wildman–Crippen MR) is 53.9 cm³/mol. The molecule has 76 valence electrons. The van der Waals surface area contributed by atoms with Crippen LogP contribution in [0.1, 0.15) is 23.0 Å². The molecule has 0 unspecified atom stereocenters. The van der Waals surface area contributed by atoms with Crippen LogP contribution in [0.15, 0.2) is 24.5 Å². The second-order valence-corrected chi connectivity index (χ2v) is 3.19. The van der Waals surface area contributed by atoms with Gasteiger partial charge in [-0.15, -0.1) is 5.10 Å². The third-order valence-electron chi connectivity index (χ3n) is 2.16. The molecule has 0 aliphatic carbocycles. The van der Waals surface area contributed by atoms with Crippen molar-refractivity contribution in [3.05, 3.63) is 35.8 Å². The van der Waals surface area contributed by atoms with Crippen molar-refractivity contribution < 1.29 is 4.79 Å². The van der Waals surface area contributed by atoms with E-state index < -0.39 is 0 Å². The topological polar surface area (TPSA) is 60.7 Å². The first kappa shape index (κ1) is 9.51. The van der Waals surface area contributed by atoms with Gasteiger partial charge in [0.25, 0.3) is 0 Å². The quantitative estimate of drug-likeness (QED) is 0.686. The minimum absolute atomic E-state index is 0.00244. The zero-order chi connectivity index (χ0) is 10.8. The summed E-state index contributed by atoms with van der Waals surface area (Å²) < 4.78 is 1.60. The van der Waals surface area contributed by atoms with Crippen molar-refractivity contribution in [2.24, 2.45) is 0 Å². The highest BCUT2D eigenvalue weighted by Crippen LogP contribution is 2.11. The fourth-order valence-electron chi connectivity index (χ4n) is 1.39. The number of nitrogens with zero attached hydrogens (tertiary/aromatic N) is 4. The van der Waals surface area contributed by atoms with Crippen LogP contribution in [0.4, 0.5) is 0 Å². The lowest BCUT2D eigenvalue weighted by molar-refractivity contribution is 0.101. The predicted octanol–water partition coefficient (Wildman–Crippen LogP) is 1.17. The zero-order valence-electron chi connectivity index (χ0n) is 8.51. The number of rotatable bonds is 2. The SMILES string of the molecule is CC(=O)c1cnn(-c2cccnn2)c1C. The van der Waals surface area contributed by atoms with Crippen LogP contribution in [0.25, 0.3) is 5.82 Å². The minimum atomic E-state index is 0.00244. The molecule has 2 heterocycles. The van der Waals surface area contributed by atoms with Crippen molar-refractivity contribution in [2.75, 3.05) is 0 Å². The van der Waals surface area contributed by atoms with E-state index in [1.54, 1.807) is 29.2 Å². The Balaban J connectivity index is 2.52. The van der Waals surface area contributed by atoms with Crippen molar-refractivity contribution in [2.45, 2.75) is 13.8 Å². The van der Waals surface area contributed by atoms with Gasteiger partial charge >= 0.3 is 0 Å². The number of aromatic nitrogens is 4. The Hall–Kier alpha value is -2.04. The Morgan fingerprint density at radius 3 is 2.80 bits per heavy atom. The second kappa shape index (κ2) is 3.61. The molecule has 0 atom stereocenters. The van der Waals surface area contributed by atoms with Crippen LogP contribution in [-0.2, 0) is 0 Å². The van der Waals surface area contributed by atoms with Crippen LogP contribution in [0.3, 0.4) is 0 Å². The Labute approximate surface area is 86.8 Å². The number of carbonyl (C=O) groups excluding carboxylic acids is 1. The summed E-state index contributed by atoms with van der Waals surface area (Å²) in [6, 6.07) is 3.56. The molecular weight excluding hydrogens is 192 g/mol. The maximum atomic E-state index is 11.2. The van der Waals surface area contributed by atoms with Crippen molar-refractivity contribution in [1.82, 2.24) is 20.0 Å². The molecule has 0 saturated heterocycles. The molecule has 2 aromatic heterocycles. The molecule has 0 radical (unpaired) electrons. The molecule has 2 aromatic rings. The molecule has 5 heteroatoms. The van der Waals surface area contributed by atoms with Gasteiger partial charge in [0, 0.05) is 6.20 Å². The first-order chi connectivity index (χ1) is 7.20. The summed E-state index contributed by atoms with van der Waals surface area (Å²) in [6.07, 6.45) is 3.14. The fourth-order valence-corrected chi connectivity index (χ4v) is 1.39. The van der Waals surface area contributed by atoms with E-state index in [2.05, 4.69) is 15.3 Å². The molecule has 0 saturated carbocycles. The smallest absolute Gasteiger partial charge is 0.175 e. The van der Waals surface area contributed by atoms with E-state index in [1.807, 2.05) is 6.92 Å². The molecule has 0 aliphatic heterocycles. The number of carbonyl (C=O) groups is 1. The van der Waals surface area contributed by atoms with Crippen LogP contribution in [0, 0.1) is 6.92 Å². The highest BCUT2D eigenvalue weighted by molar-refractivity contribution is 5.94. The van der Waals surface area contributed by atoms with Gasteiger partial charge in [-0.1, -0.05) is 0 Å². The van der Waals surface area contributed by atoms with Gasteiger partial charge in [0.1, 0.15) is 0 Å². The molecule has 0 bridgehead atoms. The summed E-state index contributed by atoms with van der Waals surface area (Å²) in [7, 11) is 0. The monoisotopic (exact) mass is 202 g/mol. The van der Waals surface area contributed by atoms with Crippen molar-refractivity contribution in [3.8, 4) is 5.82 Å². The normalized spacial score (nSPS) is 10.3. The summed E-state index contributed by atoms with van der Waals surface area (Å²) in [5.41, 5.74) is 1.39. The van der Waals surface area contributed by atoms with Gasteiger partial charge in [-0.05, 0) is 26.0 Å². The molecule has 0 aromatic carbocycles. The summed E-state index contributed by atoms with van der Waals surface area (Å²) in [5, 5.41) is 11.8. The number of ketones is 1. The minimum Gasteiger partial charge on any atom is -0.294 e. The van der Waals surface area contributed by atoms with Gasteiger partial charge in [0.15, 0.2) is 11.6 Å². The van der Waals surface area contributed by atoms with Gasteiger partial charge in [-0.25, -0.2) is 4.68 Å². The van der Waals surface area contributed by atoms with E-state index in [4.69, 9.17) is 0 Å². The van der Waals surface area contributed by atoms with Gasteiger partial charge in [0.2, 0.25) is 0 Å². The summed E-state index contributed by atoms with van der Waals surface area (Å²) in [4.78, 5) is 11.2. The summed E-state index contributed by atoms with van der Waals surface area (Å²) in [5.74, 6) is 0.616. The Morgan fingerprint density at radius 2 is 2.27 bits per heavy atom. The van der Waals surface area contributed by atoms with E-state index >= 15 is 0 Å². The molecular formula is C10H10N4O. The van der Waals surface area contributed by atoms with Gasteiger partial charge in [-0.3, -0.25) is 4.79 Å². The highest BCUT2D eigenvalue weighted by Gasteiger charge is 2.11. The van der Waals surface area contributed by atoms with Crippen LogP contribution in [0.2, 0.25) is 0 Å². The summed E-state index contributed by atoms with van der Waals surface area (Å²) in [6.45, 7) is 3.35. The average Bonchev–Trinajstić information content (AvgIpc) is 2.61. The van der Waals surface area contributed by atoms with Crippen LogP contribution in [0.5, 0.6) is 0 Å². The van der Waals surface area contributed by atoms with Crippen molar-refractivity contribution >= 4 is 5.78 Å². The van der Waals surface area contributed by atoms with Crippen molar-refractivity contribution in [1.29, 1.82) is 0 Å². The van der Waals surface area contributed by atoms with Crippen LogP contribution >= 0.6 is 0 Å². The molecule has 0 amide bonds. The average molecular weight is 202 g/mol. The molecule has 15 heavy (non-hydrogen) atoms. The molecule has 0 aliphatic rings. The van der Waals surface area contributed by atoms with Gasteiger partial charge in [0.05, 0.1) is 17.5 Å². The lowest BCUT2D eigenvalue weighted by atomic mass is 10.2. The Kier molecular flexibility index (Phi) is 2.29. The lowest BCUT2D eigenvalue weighted by Gasteiger charge is -2.01. The Bertz CT molecular complexity index is 489. The number of Topliss-reactive ketones (excluding diaryl/α,β-unsaturated/α-hetero) is 1. The van der Waals surface area contributed by atoms with Gasteiger partial charge < -0.3 is 0 Å². The van der Waals surface area contributed by atoms with Crippen molar-refractivity contribution in [3.63, 3.8) is 0 Å². The fraction of sp³-hybridized carbons (Fsp3) is 0.200. The lowest BCUT2D eigenvalue weighted by Crippen LogP contribution is -2.03. The van der Waals surface area contributed by atoms with E-state index in [0.717, 1.165) is 5.69 Å². The largest absolute Gasteiger partial charge is 0.294 e. The maximum Gasteiger partial charge on any atom is 0.175 e. The first-order valence-electron chi connectivity index (χ1n) is 4.54. The molecule has 0 N–H and O–H groups in total. The van der Waals surface area contributed by atoms with E-state index in [0.29, 0.717) is 11.4 Å².